The van der Waals surface area contributed by atoms with E-state index in [1.165, 1.54) is 102 Å². The molecule has 0 amide bonds. The molecular weight excluding hydrogens is 240 g/mol. The third-order valence-corrected chi connectivity index (χ3v) is 4.58. The molecule has 0 saturated carbocycles. The van der Waals surface area contributed by atoms with Gasteiger partial charge in [0.2, 0.25) is 0 Å². The number of hydrogen-bond acceptors (Lipinski definition) is 1. The summed E-state index contributed by atoms with van der Waals surface area (Å²) in [5.74, 6) is 0. The number of rotatable bonds is 14. The quantitative estimate of drug-likeness (QED) is 0.175. The summed E-state index contributed by atoms with van der Waals surface area (Å²) in [7, 11) is 0. The molecule has 1 aliphatic heterocycles. The Bertz CT molecular complexity index is 168. The lowest BCUT2D eigenvalue weighted by molar-refractivity contribution is 0.423. The fourth-order valence-corrected chi connectivity index (χ4v) is 2.96. The minimum atomic E-state index is 0.623. The summed E-state index contributed by atoms with van der Waals surface area (Å²) in [4.78, 5) is 0. The van der Waals surface area contributed by atoms with Crippen LogP contribution in [0.4, 0.5) is 0 Å². The molecule has 108 valence electrons. The van der Waals surface area contributed by atoms with Crippen molar-refractivity contribution in [2.45, 2.75) is 102 Å². The molecule has 1 aliphatic rings. The van der Waals surface area contributed by atoms with Crippen LogP contribution in [0.1, 0.15) is 96.8 Å². The standard InChI is InChI=1S/C16H32OS/c1-2-3-4-5-6-7-8-9-10-11-12-13-14-15-16-17-18-16/h16H,2-15H2,1H3/p+1. The van der Waals surface area contributed by atoms with E-state index in [4.69, 9.17) is 4.18 Å². The van der Waals surface area contributed by atoms with Gasteiger partial charge in [-0.15, -0.1) is 4.18 Å². The van der Waals surface area contributed by atoms with E-state index < -0.39 is 0 Å². The van der Waals surface area contributed by atoms with Crippen LogP contribution in [-0.4, -0.2) is 5.44 Å². The van der Waals surface area contributed by atoms with Crippen molar-refractivity contribution in [3.8, 4) is 0 Å². The van der Waals surface area contributed by atoms with E-state index in [-0.39, 0.29) is 0 Å². The molecule has 0 aromatic rings. The van der Waals surface area contributed by atoms with Crippen LogP contribution in [-0.2, 0) is 16.2 Å². The lowest BCUT2D eigenvalue weighted by atomic mass is 10.0. The molecule has 1 nitrogen and oxygen atoms in total. The van der Waals surface area contributed by atoms with Crippen molar-refractivity contribution in [3.63, 3.8) is 0 Å². The molecular formula is C16H33OS+. The number of unbranched alkanes of at least 4 members (excludes halogenated alkanes) is 12. The second-order valence-corrected chi connectivity index (χ2v) is 6.69. The van der Waals surface area contributed by atoms with Crippen LogP contribution < -0.4 is 0 Å². The molecule has 0 aromatic heterocycles. The molecule has 1 saturated heterocycles. The second kappa shape index (κ2) is 12.3. The third-order valence-electron chi connectivity index (χ3n) is 3.81. The summed E-state index contributed by atoms with van der Waals surface area (Å²) in [6.45, 7) is 2.29. The van der Waals surface area contributed by atoms with Crippen LogP contribution in [0, 0.1) is 0 Å². The van der Waals surface area contributed by atoms with E-state index in [0.717, 1.165) is 0 Å². The molecule has 18 heavy (non-hydrogen) atoms. The van der Waals surface area contributed by atoms with Crippen LogP contribution in [0.25, 0.3) is 0 Å². The zero-order valence-electron chi connectivity index (χ0n) is 12.3. The maximum absolute atomic E-state index is 5.19. The van der Waals surface area contributed by atoms with Crippen molar-refractivity contribution in [2.24, 2.45) is 0 Å². The summed E-state index contributed by atoms with van der Waals surface area (Å²) in [5.41, 5.74) is 0.623. The first-order valence-corrected chi connectivity index (χ1v) is 9.17. The Hall–Kier alpha value is 0.310. The van der Waals surface area contributed by atoms with Gasteiger partial charge in [0.1, 0.15) is 0 Å². The molecule has 0 aliphatic carbocycles. The molecule has 0 radical (unpaired) electrons. The minimum absolute atomic E-state index is 0.623. The molecule has 2 heteroatoms. The van der Waals surface area contributed by atoms with Crippen LogP contribution in [0.5, 0.6) is 0 Å². The number of hydrogen-bond donors (Lipinski definition) is 0. The minimum Gasteiger partial charge on any atom is -0.114 e. The highest BCUT2D eigenvalue weighted by atomic mass is 32.2. The van der Waals surface area contributed by atoms with Gasteiger partial charge in [-0.05, 0) is 6.42 Å². The van der Waals surface area contributed by atoms with Crippen molar-refractivity contribution in [1.29, 1.82) is 0 Å². The van der Waals surface area contributed by atoms with Crippen LogP contribution in [0.2, 0.25) is 0 Å². The molecule has 1 unspecified atom stereocenters. The van der Waals surface area contributed by atoms with Crippen LogP contribution in [0.15, 0.2) is 0 Å². The molecule has 1 heterocycles. The number of thiol groups is 1. The Labute approximate surface area is 119 Å². The van der Waals surface area contributed by atoms with Gasteiger partial charge in [-0.2, -0.15) is 0 Å². The zero-order valence-corrected chi connectivity index (χ0v) is 13.2. The predicted molar refractivity (Wildman–Crippen MR) is 83.9 cm³/mol. The van der Waals surface area contributed by atoms with E-state index in [0.29, 0.717) is 5.44 Å². The summed E-state index contributed by atoms with van der Waals surface area (Å²) < 4.78 is 5.19. The third kappa shape index (κ3) is 11.4. The van der Waals surface area contributed by atoms with Crippen molar-refractivity contribution < 1.29 is 4.18 Å². The molecule has 0 spiro atoms. The summed E-state index contributed by atoms with van der Waals surface area (Å²) in [6, 6.07) is 0. The van der Waals surface area contributed by atoms with E-state index in [1.54, 1.807) is 0 Å². The van der Waals surface area contributed by atoms with Gasteiger partial charge in [-0.3, -0.25) is 0 Å². The largest absolute Gasteiger partial charge is 0.296 e. The average molecular weight is 274 g/mol. The topological polar surface area (TPSA) is 12.5 Å². The Kier molecular flexibility index (Phi) is 11.2. The highest BCUT2D eigenvalue weighted by molar-refractivity contribution is 7.79. The van der Waals surface area contributed by atoms with Crippen molar-refractivity contribution >= 4 is 12.0 Å². The smallest absolute Gasteiger partial charge is 0.114 e. The molecule has 1 rings (SSSR count). The Morgan fingerprint density at radius 2 is 1.06 bits per heavy atom. The van der Waals surface area contributed by atoms with Crippen molar-refractivity contribution in [2.75, 3.05) is 0 Å². The predicted octanol–water partition coefficient (Wildman–Crippen LogP) is 5.55. The monoisotopic (exact) mass is 273 g/mol. The first-order chi connectivity index (χ1) is 8.93. The molecule has 0 aromatic carbocycles. The van der Waals surface area contributed by atoms with E-state index in [2.05, 4.69) is 6.92 Å². The lowest BCUT2D eigenvalue weighted by Gasteiger charge is -2.02. The van der Waals surface area contributed by atoms with E-state index in [9.17, 15) is 0 Å². The van der Waals surface area contributed by atoms with Gasteiger partial charge in [0, 0.05) is 6.42 Å². The first kappa shape index (κ1) is 16.4. The van der Waals surface area contributed by atoms with Crippen molar-refractivity contribution in [3.05, 3.63) is 0 Å². The van der Waals surface area contributed by atoms with Crippen LogP contribution >= 0.6 is 0 Å². The normalized spacial score (nSPS) is 18.2. The van der Waals surface area contributed by atoms with Gasteiger partial charge >= 0.3 is 0 Å². The molecule has 1 fully saturated rings. The van der Waals surface area contributed by atoms with Gasteiger partial charge < -0.3 is 0 Å². The van der Waals surface area contributed by atoms with Gasteiger partial charge in [-0.1, -0.05) is 84.0 Å². The summed E-state index contributed by atoms with van der Waals surface area (Å²) in [6.07, 6.45) is 20.1. The average Bonchev–Trinajstić information content (AvgIpc) is 3.19. The fourth-order valence-electron chi connectivity index (χ4n) is 2.49. The summed E-state index contributed by atoms with van der Waals surface area (Å²) in [5, 5.41) is 0. The molecule has 0 bridgehead atoms. The maximum Gasteiger partial charge on any atom is 0.296 e. The molecule has 1 atom stereocenters. The van der Waals surface area contributed by atoms with Crippen LogP contribution in [0.3, 0.4) is 0 Å². The Morgan fingerprint density at radius 1 is 0.667 bits per heavy atom. The molecule has 0 N–H and O–H groups in total. The second-order valence-electron chi connectivity index (χ2n) is 5.70. The van der Waals surface area contributed by atoms with Gasteiger partial charge in [-0.25, -0.2) is 0 Å². The highest BCUT2D eigenvalue weighted by Crippen LogP contribution is 2.21. The van der Waals surface area contributed by atoms with Gasteiger partial charge in [0.15, 0.2) is 12.0 Å². The van der Waals surface area contributed by atoms with Crippen molar-refractivity contribution in [1.82, 2.24) is 0 Å². The first-order valence-electron chi connectivity index (χ1n) is 8.29. The van der Waals surface area contributed by atoms with E-state index >= 15 is 0 Å². The Balaban J connectivity index is 1.60. The van der Waals surface area contributed by atoms with E-state index in [1.807, 2.05) is 0 Å². The van der Waals surface area contributed by atoms with Gasteiger partial charge in [0.05, 0.1) is 0 Å². The Morgan fingerprint density at radius 3 is 1.44 bits per heavy atom. The van der Waals surface area contributed by atoms with Gasteiger partial charge in [0.25, 0.3) is 5.44 Å². The summed E-state index contributed by atoms with van der Waals surface area (Å²) >= 11 is 1.24. The fraction of sp³-hybridized carbons (Fsp3) is 1.00. The SMILES string of the molecule is CCCCCCCCCCCCCCCC1O[SH+]1. The maximum atomic E-state index is 5.19. The highest BCUT2D eigenvalue weighted by Gasteiger charge is 2.36. The lowest BCUT2D eigenvalue weighted by Crippen LogP contribution is -1.85. The zero-order chi connectivity index (χ0) is 12.9.